The van der Waals surface area contributed by atoms with Crippen LogP contribution in [0.15, 0.2) is 26.4 Å². The van der Waals surface area contributed by atoms with Crippen molar-refractivity contribution < 1.29 is 13.7 Å². The maximum absolute atomic E-state index is 12.3. The minimum Gasteiger partial charge on any atom is -0.493 e. The first-order valence-electron chi connectivity index (χ1n) is 4.80. The molecule has 1 atom stereocenters. The van der Waals surface area contributed by atoms with Crippen LogP contribution in [-0.4, -0.2) is 30.6 Å². The van der Waals surface area contributed by atoms with E-state index >= 15 is 0 Å². The van der Waals surface area contributed by atoms with Gasteiger partial charge in [-0.1, -0.05) is 0 Å². The van der Waals surface area contributed by atoms with E-state index in [0.717, 1.165) is 0 Å². The van der Waals surface area contributed by atoms with Gasteiger partial charge in [0.05, 0.1) is 34.5 Å². The second-order valence-corrected chi connectivity index (χ2v) is 5.77. The van der Waals surface area contributed by atoms with Crippen molar-refractivity contribution in [3.8, 4) is 11.5 Å². The molecule has 1 aromatic carbocycles. The van der Waals surface area contributed by atoms with E-state index in [1.54, 1.807) is 12.1 Å². The number of guanidine groups is 1. The zero-order valence-electron chi connectivity index (χ0n) is 9.76. The number of benzene rings is 1. The molecular weight excluding hydrogens is 242 g/mol. The maximum atomic E-state index is 12.3. The molecule has 17 heavy (non-hydrogen) atoms. The van der Waals surface area contributed by atoms with Gasteiger partial charge in [-0.25, -0.2) is 9.20 Å². The molecule has 0 bridgehead atoms. The number of fused-ring (bicyclic) bond motifs is 1. The van der Waals surface area contributed by atoms with Crippen LogP contribution in [0.5, 0.6) is 11.5 Å². The van der Waals surface area contributed by atoms with Crippen LogP contribution in [0.25, 0.3) is 0 Å². The Morgan fingerprint density at radius 2 is 1.82 bits per heavy atom. The number of hydrogen-bond donors (Lipinski definition) is 1. The SMILES string of the molecule is COc1cc2c(cc1OC)S(C)(=O)=NC(N)=N2. The monoisotopic (exact) mass is 255 g/mol. The van der Waals surface area contributed by atoms with Crippen molar-refractivity contribution >= 4 is 21.4 Å². The minimum absolute atomic E-state index is 0.0113. The first-order chi connectivity index (χ1) is 7.97. The third-order valence-corrected chi connectivity index (χ3v) is 4.05. The third-order valence-electron chi connectivity index (χ3n) is 2.38. The van der Waals surface area contributed by atoms with Crippen molar-refractivity contribution in [2.75, 3.05) is 20.5 Å². The summed E-state index contributed by atoms with van der Waals surface area (Å²) in [6, 6.07) is 3.26. The summed E-state index contributed by atoms with van der Waals surface area (Å²) in [6.07, 6.45) is 1.51. The first kappa shape index (κ1) is 11.7. The van der Waals surface area contributed by atoms with Crippen LogP contribution in [0.1, 0.15) is 0 Å². The molecule has 2 N–H and O–H groups in total. The van der Waals surface area contributed by atoms with Crippen LogP contribution in [-0.2, 0) is 9.73 Å². The topological polar surface area (TPSA) is 86.3 Å². The lowest BCUT2D eigenvalue weighted by molar-refractivity contribution is 0.354. The highest BCUT2D eigenvalue weighted by Crippen LogP contribution is 2.39. The van der Waals surface area contributed by atoms with Gasteiger partial charge in [0.1, 0.15) is 0 Å². The van der Waals surface area contributed by atoms with Crippen LogP contribution >= 0.6 is 0 Å². The van der Waals surface area contributed by atoms with Gasteiger partial charge in [0, 0.05) is 18.4 Å². The highest BCUT2D eigenvalue weighted by molar-refractivity contribution is 7.93. The molecular formula is C10H13N3O3S. The van der Waals surface area contributed by atoms with Crippen LogP contribution < -0.4 is 15.2 Å². The standard InChI is InChI=1S/C10H13N3O3S/c1-15-7-4-6-9(5-8(7)16-2)17(3,14)13-10(11)12-6/h4-5H,1-3H3,(H2,11,12,13,14). The van der Waals surface area contributed by atoms with Crippen molar-refractivity contribution in [3.05, 3.63) is 12.1 Å². The Morgan fingerprint density at radius 3 is 2.41 bits per heavy atom. The molecule has 0 fully saturated rings. The molecule has 7 heteroatoms. The summed E-state index contributed by atoms with van der Waals surface area (Å²) in [7, 11) is 0.470. The molecule has 1 unspecified atom stereocenters. The number of nitrogens with zero attached hydrogens (tertiary/aromatic N) is 2. The van der Waals surface area contributed by atoms with Gasteiger partial charge in [0.2, 0.25) is 5.96 Å². The summed E-state index contributed by atoms with van der Waals surface area (Å²) in [5.74, 6) is 1.02. The van der Waals surface area contributed by atoms with Crippen molar-refractivity contribution in [1.29, 1.82) is 0 Å². The Bertz CT molecular complexity index is 615. The second-order valence-electron chi connectivity index (χ2n) is 3.54. The molecule has 0 saturated heterocycles. The third kappa shape index (κ3) is 1.93. The van der Waals surface area contributed by atoms with Crippen LogP contribution in [0, 0.1) is 0 Å². The smallest absolute Gasteiger partial charge is 0.229 e. The summed E-state index contributed by atoms with van der Waals surface area (Å²) in [6.45, 7) is 0. The fraction of sp³-hybridized carbons (Fsp3) is 0.300. The van der Waals surface area contributed by atoms with E-state index in [4.69, 9.17) is 15.2 Å². The predicted molar refractivity (Wildman–Crippen MR) is 65.6 cm³/mol. The summed E-state index contributed by atoms with van der Waals surface area (Å²) >= 11 is 0. The van der Waals surface area contributed by atoms with Crippen LogP contribution in [0.3, 0.4) is 0 Å². The van der Waals surface area contributed by atoms with Crippen LogP contribution in [0.4, 0.5) is 5.69 Å². The van der Waals surface area contributed by atoms with Crippen molar-refractivity contribution in [3.63, 3.8) is 0 Å². The quantitative estimate of drug-likeness (QED) is 0.858. The lowest BCUT2D eigenvalue weighted by atomic mass is 10.3. The number of hydrogen-bond acceptors (Lipinski definition) is 6. The Labute approximate surface area is 99.6 Å². The molecule has 1 aliphatic rings. The molecule has 92 valence electrons. The Morgan fingerprint density at radius 1 is 1.24 bits per heavy atom. The van der Waals surface area contributed by atoms with Crippen molar-refractivity contribution in [2.45, 2.75) is 4.90 Å². The summed E-state index contributed by atoms with van der Waals surface area (Å²) in [5.41, 5.74) is 6.02. The molecule has 0 aromatic heterocycles. The Balaban J connectivity index is 2.76. The van der Waals surface area contributed by atoms with E-state index in [0.29, 0.717) is 22.1 Å². The summed E-state index contributed by atoms with van der Waals surface area (Å²) in [4.78, 5) is 4.54. The van der Waals surface area contributed by atoms with Gasteiger partial charge in [-0.3, -0.25) is 0 Å². The van der Waals surface area contributed by atoms with Gasteiger partial charge in [0.15, 0.2) is 11.5 Å². The summed E-state index contributed by atoms with van der Waals surface area (Å²) < 4.78 is 26.4. The highest BCUT2D eigenvalue weighted by atomic mass is 32.2. The average molecular weight is 255 g/mol. The molecule has 0 saturated carbocycles. The normalized spacial score (nSPS) is 22.2. The van der Waals surface area contributed by atoms with E-state index in [1.807, 2.05) is 0 Å². The fourth-order valence-electron chi connectivity index (χ4n) is 1.61. The lowest BCUT2D eigenvalue weighted by Crippen LogP contribution is -2.15. The molecule has 0 amide bonds. The molecule has 2 rings (SSSR count). The van der Waals surface area contributed by atoms with Gasteiger partial charge < -0.3 is 15.2 Å². The van der Waals surface area contributed by atoms with Gasteiger partial charge in [0.25, 0.3) is 0 Å². The lowest BCUT2D eigenvalue weighted by Gasteiger charge is -2.16. The van der Waals surface area contributed by atoms with E-state index in [2.05, 4.69) is 9.36 Å². The van der Waals surface area contributed by atoms with Gasteiger partial charge in [-0.2, -0.15) is 4.36 Å². The van der Waals surface area contributed by atoms with E-state index < -0.39 is 9.73 Å². The molecule has 0 radical (unpaired) electrons. The Kier molecular flexibility index (Phi) is 2.70. The molecule has 1 heterocycles. The van der Waals surface area contributed by atoms with E-state index in [1.165, 1.54) is 20.5 Å². The average Bonchev–Trinajstić information content (AvgIpc) is 2.26. The van der Waals surface area contributed by atoms with Gasteiger partial charge in [-0.05, 0) is 0 Å². The van der Waals surface area contributed by atoms with E-state index in [9.17, 15) is 4.21 Å². The van der Waals surface area contributed by atoms with Gasteiger partial charge in [-0.15, -0.1) is 0 Å². The number of rotatable bonds is 2. The fourth-order valence-corrected chi connectivity index (χ4v) is 2.93. The Hall–Kier alpha value is -1.76. The molecule has 0 aliphatic carbocycles. The van der Waals surface area contributed by atoms with Crippen molar-refractivity contribution in [2.24, 2.45) is 15.1 Å². The molecule has 1 aliphatic heterocycles. The van der Waals surface area contributed by atoms with E-state index in [-0.39, 0.29) is 5.96 Å². The number of methoxy groups -OCH3 is 2. The highest BCUT2D eigenvalue weighted by Gasteiger charge is 2.21. The summed E-state index contributed by atoms with van der Waals surface area (Å²) in [5, 5.41) is 0. The number of ether oxygens (including phenoxy) is 2. The van der Waals surface area contributed by atoms with Gasteiger partial charge >= 0.3 is 0 Å². The van der Waals surface area contributed by atoms with Crippen LogP contribution in [0.2, 0.25) is 0 Å². The maximum Gasteiger partial charge on any atom is 0.229 e. The molecule has 0 spiro atoms. The first-order valence-corrected chi connectivity index (χ1v) is 6.72. The number of aliphatic imine (C=N–C) groups is 1. The zero-order valence-corrected chi connectivity index (χ0v) is 10.6. The molecule has 1 aromatic rings. The second kappa shape index (κ2) is 3.92. The molecule has 6 nitrogen and oxygen atoms in total. The largest absolute Gasteiger partial charge is 0.493 e. The number of nitrogens with two attached hydrogens (primary N) is 1. The minimum atomic E-state index is -2.57. The van der Waals surface area contributed by atoms with Crippen molar-refractivity contribution in [1.82, 2.24) is 0 Å². The zero-order chi connectivity index (χ0) is 12.6. The predicted octanol–water partition coefficient (Wildman–Crippen LogP) is 1.12.